The standard InChI is InChI=1S/C7H12O2/c1-5(8)6-3-4-7(6,2)9/h6,9H,3-4H2,1-2H3. The lowest BCUT2D eigenvalue weighted by Crippen LogP contribution is -2.47. The lowest BCUT2D eigenvalue weighted by molar-refractivity contribution is -0.141. The third-order valence-electron chi connectivity index (χ3n) is 2.18. The van der Waals surface area contributed by atoms with Crippen LogP contribution in [0.5, 0.6) is 0 Å². The third-order valence-corrected chi connectivity index (χ3v) is 2.18. The molecule has 1 aliphatic rings. The van der Waals surface area contributed by atoms with Crippen LogP contribution in [0.1, 0.15) is 26.7 Å². The molecular formula is C7H12O2. The van der Waals surface area contributed by atoms with Crippen LogP contribution in [0, 0.1) is 5.92 Å². The van der Waals surface area contributed by atoms with Gasteiger partial charge in [0.1, 0.15) is 5.78 Å². The molecule has 0 aromatic rings. The summed E-state index contributed by atoms with van der Waals surface area (Å²) in [6.07, 6.45) is 1.64. The first-order valence-corrected chi connectivity index (χ1v) is 3.27. The maximum atomic E-state index is 10.7. The Balaban J connectivity index is 2.55. The van der Waals surface area contributed by atoms with E-state index < -0.39 is 5.60 Å². The Bertz CT molecular complexity index is 138. The first-order valence-electron chi connectivity index (χ1n) is 3.27. The van der Waals surface area contributed by atoms with Gasteiger partial charge in [0.25, 0.3) is 0 Å². The van der Waals surface area contributed by atoms with Crippen molar-refractivity contribution < 1.29 is 9.90 Å². The topological polar surface area (TPSA) is 37.3 Å². The number of ketones is 1. The van der Waals surface area contributed by atoms with E-state index in [4.69, 9.17) is 0 Å². The van der Waals surface area contributed by atoms with Crippen LogP contribution in [0.3, 0.4) is 0 Å². The smallest absolute Gasteiger partial charge is 0.135 e. The van der Waals surface area contributed by atoms with Gasteiger partial charge < -0.3 is 5.11 Å². The minimum Gasteiger partial charge on any atom is -0.389 e. The Morgan fingerprint density at radius 1 is 1.78 bits per heavy atom. The average Bonchev–Trinajstić information content (AvgIpc) is 1.62. The number of hydrogen-bond acceptors (Lipinski definition) is 2. The Morgan fingerprint density at radius 2 is 2.33 bits per heavy atom. The predicted octanol–water partition coefficient (Wildman–Crippen LogP) is 0.736. The van der Waals surface area contributed by atoms with Gasteiger partial charge in [0.2, 0.25) is 0 Å². The highest BCUT2D eigenvalue weighted by Crippen LogP contribution is 2.38. The van der Waals surface area contributed by atoms with E-state index in [9.17, 15) is 9.90 Å². The average molecular weight is 128 g/mol. The predicted molar refractivity (Wildman–Crippen MR) is 34.0 cm³/mol. The van der Waals surface area contributed by atoms with Crippen molar-refractivity contribution in [2.75, 3.05) is 0 Å². The van der Waals surface area contributed by atoms with Crippen LogP contribution in [-0.4, -0.2) is 16.5 Å². The third kappa shape index (κ3) is 0.990. The fourth-order valence-corrected chi connectivity index (χ4v) is 1.35. The molecule has 2 unspecified atom stereocenters. The van der Waals surface area contributed by atoms with Crippen molar-refractivity contribution in [3.05, 3.63) is 0 Å². The van der Waals surface area contributed by atoms with Gasteiger partial charge >= 0.3 is 0 Å². The Morgan fingerprint density at radius 3 is 2.33 bits per heavy atom. The van der Waals surface area contributed by atoms with Gasteiger partial charge in [-0.1, -0.05) is 0 Å². The minimum atomic E-state index is -0.689. The maximum Gasteiger partial charge on any atom is 0.135 e. The Kier molecular flexibility index (Phi) is 1.35. The van der Waals surface area contributed by atoms with Gasteiger partial charge in [0, 0.05) is 5.92 Å². The number of rotatable bonds is 1. The first-order chi connectivity index (χ1) is 4.04. The monoisotopic (exact) mass is 128 g/mol. The summed E-state index contributed by atoms with van der Waals surface area (Å²) in [5, 5.41) is 9.32. The normalized spacial score (nSPS) is 41.9. The zero-order chi connectivity index (χ0) is 7.07. The van der Waals surface area contributed by atoms with Crippen LogP contribution in [0.25, 0.3) is 0 Å². The maximum absolute atomic E-state index is 10.7. The number of carbonyl (C=O) groups excluding carboxylic acids is 1. The fraction of sp³-hybridized carbons (Fsp3) is 0.857. The molecule has 1 rings (SSSR count). The second-order valence-electron chi connectivity index (χ2n) is 3.06. The van der Waals surface area contributed by atoms with Crippen LogP contribution in [0.2, 0.25) is 0 Å². The molecular weight excluding hydrogens is 116 g/mol. The van der Waals surface area contributed by atoms with Crippen LogP contribution in [0.4, 0.5) is 0 Å². The molecule has 52 valence electrons. The molecule has 0 saturated heterocycles. The minimum absolute atomic E-state index is 0.0856. The van der Waals surface area contributed by atoms with Crippen LogP contribution in [0.15, 0.2) is 0 Å². The highest BCUT2D eigenvalue weighted by molar-refractivity contribution is 5.80. The van der Waals surface area contributed by atoms with Crippen LogP contribution in [-0.2, 0) is 4.79 Å². The summed E-state index contributed by atoms with van der Waals surface area (Å²) >= 11 is 0. The van der Waals surface area contributed by atoms with E-state index >= 15 is 0 Å². The zero-order valence-corrected chi connectivity index (χ0v) is 5.85. The molecule has 0 aromatic heterocycles. The number of Topliss-reactive ketones (excluding diaryl/α,β-unsaturated/α-hetero) is 1. The van der Waals surface area contributed by atoms with Gasteiger partial charge in [-0.05, 0) is 26.7 Å². The molecule has 1 N–H and O–H groups in total. The van der Waals surface area contributed by atoms with E-state index in [1.165, 1.54) is 6.92 Å². The molecule has 1 aliphatic carbocycles. The molecule has 2 atom stereocenters. The molecule has 1 fully saturated rings. The van der Waals surface area contributed by atoms with Crippen molar-refractivity contribution in [1.82, 2.24) is 0 Å². The van der Waals surface area contributed by atoms with E-state index in [0.717, 1.165) is 12.8 Å². The van der Waals surface area contributed by atoms with Gasteiger partial charge in [-0.3, -0.25) is 4.79 Å². The molecule has 0 bridgehead atoms. The summed E-state index contributed by atoms with van der Waals surface area (Å²) < 4.78 is 0. The largest absolute Gasteiger partial charge is 0.389 e. The van der Waals surface area contributed by atoms with E-state index in [1.807, 2.05) is 0 Å². The van der Waals surface area contributed by atoms with Crippen molar-refractivity contribution in [1.29, 1.82) is 0 Å². The summed E-state index contributed by atoms with van der Waals surface area (Å²) in [4.78, 5) is 10.7. The van der Waals surface area contributed by atoms with Crippen molar-refractivity contribution >= 4 is 5.78 Å². The molecule has 2 heteroatoms. The van der Waals surface area contributed by atoms with E-state index in [1.54, 1.807) is 6.92 Å². The molecule has 0 spiro atoms. The van der Waals surface area contributed by atoms with Crippen LogP contribution >= 0.6 is 0 Å². The van der Waals surface area contributed by atoms with Crippen LogP contribution < -0.4 is 0 Å². The zero-order valence-electron chi connectivity index (χ0n) is 5.85. The van der Waals surface area contributed by atoms with Gasteiger partial charge in [0.15, 0.2) is 0 Å². The summed E-state index contributed by atoms with van der Waals surface area (Å²) in [6.45, 7) is 3.26. The van der Waals surface area contributed by atoms with Crippen molar-refractivity contribution in [3.8, 4) is 0 Å². The molecule has 2 nitrogen and oxygen atoms in total. The summed E-state index contributed by atoms with van der Waals surface area (Å²) in [7, 11) is 0. The molecule has 0 aromatic carbocycles. The quantitative estimate of drug-likeness (QED) is 0.565. The highest BCUT2D eigenvalue weighted by atomic mass is 16.3. The Labute approximate surface area is 54.9 Å². The first kappa shape index (κ1) is 6.75. The highest BCUT2D eigenvalue weighted by Gasteiger charge is 2.43. The lowest BCUT2D eigenvalue weighted by atomic mass is 9.69. The van der Waals surface area contributed by atoms with Gasteiger partial charge in [-0.2, -0.15) is 0 Å². The number of aliphatic hydroxyl groups is 1. The van der Waals surface area contributed by atoms with Crippen molar-refractivity contribution in [2.45, 2.75) is 32.3 Å². The summed E-state index contributed by atoms with van der Waals surface area (Å²) in [6, 6.07) is 0. The molecule has 9 heavy (non-hydrogen) atoms. The summed E-state index contributed by atoms with van der Waals surface area (Å²) in [5.74, 6) is 0.0313. The van der Waals surface area contributed by atoms with Gasteiger partial charge in [-0.25, -0.2) is 0 Å². The second-order valence-corrected chi connectivity index (χ2v) is 3.06. The van der Waals surface area contributed by atoms with Crippen molar-refractivity contribution in [3.63, 3.8) is 0 Å². The molecule has 0 amide bonds. The fourth-order valence-electron chi connectivity index (χ4n) is 1.35. The summed E-state index contributed by atoms with van der Waals surface area (Å²) in [5.41, 5.74) is -0.689. The number of hydrogen-bond donors (Lipinski definition) is 1. The molecule has 0 radical (unpaired) electrons. The molecule has 0 heterocycles. The van der Waals surface area contributed by atoms with E-state index in [0.29, 0.717) is 0 Å². The van der Waals surface area contributed by atoms with E-state index in [2.05, 4.69) is 0 Å². The Hall–Kier alpha value is -0.370. The second kappa shape index (κ2) is 1.81. The lowest BCUT2D eigenvalue weighted by Gasteiger charge is -2.40. The molecule has 1 saturated carbocycles. The number of carbonyl (C=O) groups is 1. The molecule has 0 aliphatic heterocycles. The SMILES string of the molecule is CC(=O)C1CCC1(C)O. The van der Waals surface area contributed by atoms with E-state index in [-0.39, 0.29) is 11.7 Å². The van der Waals surface area contributed by atoms with Gasteiger partial charge in [0.05, 0.1) is 5.60 Å². The van der Waals surface area contributed by atoms with Crippen molar-refractivity contribution in [2.24, 2.45) is 5.92 Å². The van der Waals surface area contributed by atoms with Gasteiger partial charge in [-0.15, -0.1) is 0 Å².